The van der Waals surface area contributed by atoms with Crippen molar-refractivity contribution in [2.24, 2.45) is 0 Å². The van der Waals surface area contributed by atoms with Crippen molar-refractivity contribution in [3.8, 4) is 5.75 Å². The monoisotopic (exact) mass is 428 g/mol. The molecule has 1 fully saturated rings. The highest BCUT2D eigenvalue weighted by Gasteiger charge is 2.33. The van der Waals surface area contributed by atoms with Gasteiger partial charge in [-0.15, -0.1) is 0 Å². The molecule has 7 nitrogen and oxygen atoms in total. The molecule has 0 radical (unpaired) electrons. The average Bonchev–Trinajstić information content (AvgIpc) is 2.97. The fourth-order valence-corrected chi connectivity index (χ4v) is 3.57. The Kier molecular flexibility index (Phi) is 6.63. The van der Waals surface area contributed by atoms with Crippen molar-refractivity contribution < 1.29 is 24.2 Å². The second-order valence-electron chi connectivity index (χ2n) is 5.89. The molecule has 2 aromatic carbocycles. The smallest absolute Gasteiger partial charge is 0.306 e. The number of carboxylic acids is 1. The Balaban J connectivity index is 1.65. The van der Waals surface area contributed by atoms with E-state index in [1.54, 1.807) is 60.7 Å². The van der Waals surface area contributed by atoms with Crippen molar-refractivity contribution in [1.29, 1.82) is 0 Å². The van der Waals surface area contributed by atoms with Crippen LogP contribution in [-0.4, -0.2) is 38.8 Å². The summed E-state index contributed by atoms with van der Waals surface area (Å²) in [4.78, 5) is 35.8. The molecule has 0 aliphatic carbocycles. The van der Waals surface area contributed by atoms with Crippen molar-refractivity contribution in [1.82, 2.24) is 10.4 Å². The zero-order chi connectivity index (χ0) is 20.8. The molecule has 0 bridgehead atoms. The number of thioether (sulfide) groups is 1. The lowest BCUT2D eigenvalue weighted by molar-refractivity contribution is -0.137. The van der Waals surface area contributed by atoms with Gasteiger partial charge in [0.1, 0.15) is 5.75 Å². The van der Waals surface area contributed by atoms with Crippen LogP contribution in [0.1, 0.15) is 22.3 Å². The summed E-state index contributed by atoms with van der Waals surface area (Å²) < 4.78 is 5.57. The molecule has 148 valence electrons. The summed E-state index contributed by atoms with van der Waals surface area (Å²) in [5.41, 5.74) is 3.69. The van der Waals surface area contributed by atoms with Gasteiger partial charge in [-0.05, 0) is 48.1 Å². The molecule has 0 unspecified atom stereocenters. The molecule has 2 aromatic rings. The third-order valence-corrected chi connectivity index (χ3v) is 5.11. The molecule has 0 atom stereocenters. The van der Waals surface area contributed by atoms with E-state index in [1.165, 1.54) is 0 Å². The van der Waals surface area contributed by atoms with Crippen molar-refractivity contribution >= 4 is 52.2 Å². The van der Waals surface area contributed by atoms with Crippen LogP contribution in [0, 0.1) is 0 Å². The second kappa shape index (κ2) is 9.35. The van der Waals surface area contributed by atoms with E-state index in [0.717, 1.165) is 22.3 Å². The molecule has 2 amide bonds. The number of hydrazine groups is 1. The van der Waals surface area contributed by atoms with Crippen molar-refractivity contribution in [3.63, 3.8) is 0 Å². The fourth-order valence-electron chi connectivity index (χ4n) is 2.39. The van der Waals surface area contributed by atoms with Crippen LogP contribution in [0.2, 0.25) is 0 Å². The number of aliphatic carboxylic acids is 1. The summed E-state index contributed by atoms with van der Waals surface area (Å²) in [6.07, 6.45) is 1.58. The van der Waals surface area contributed by atoms with Gasteiger partial charge in [-0.2, -0.15) is 5.01 Å². The summed E-state index contributed by atoms with van der Waals surface area (Å²) in [5.74, 6) is -1.23. The number of carbonyl (C=O) groups is 3. The van der Waals surface area contributed by atoms with E-state index in [9.17, 15) is 14.4 Å². The van der Waals surface area contributed by atoms with Gasteiger partial charge in [-0.1, -0.05) is 42.1 Å². The molecule has 1 aliphatic rings. The second-order valence-corrected chi connectivity index (χ2v) is 7.56. The highest BCUT2D eigenvalue weighted by molar-refractivity contribution is 8.26. The van der Waals surface area contributed by atoms with Crippen LogP contribution in [-0.2, 0) is 9.59 Å². The van der Waals surface area contributed by atoms with E-state index in [0.29, 0.717) is 16.2 Å². The summed E-state index contributed by atoms with van der Waals surface area (Å²) in [6, 6.07) is 15.4. The van der Waals surface area contributed by atoms with Crippen LogP contribution in [0.3, 0.4) is 0 Å². The average molecular weight is 428 g/mol. The van der Waals surface area contributed by atoms with E-state index >= 15 is 0 Å². The van der Waals surface area contributed by atoms with Crippen molar-refractivity contribution in [3.05, 3.63) is 70.6 Å². The molecule has 1 aliphatic heterocycles. The number of nitrogens with zero attached hydrogens (tertiary/aromatic N) is 1. The Hall–Kier alpha value is -3.17. The molecule has 1 saturated heterocycles. The number of rotatable bonds is 7. The largest absolute Gasteiger partial charge is 0.493 e. The highest BCUT2D eigenvalue weighted by Crippen LogP contribution is 2.31. The van der Waals surface area contributed by atoms with Crippen LogP contribution in [0.15, 0.2) is 59.5 Å². The van der Waals surface area contributed by atoms with E-state index < -0.39 is 17.8 Å². The molecule has 0 saturated carbocycles. The molecule has 1 heterocycles. The highest BCUT2D eigenvalue weighted by atomic mass is 32.2. The Morgan fingerprint density at radius 3 is 2.48 bits per heavy atom. The van der Waals surface area contributed by atoms with Gasteiger partial charge in [0.25, 0.3) is 11.8 Å². The molecule has 0 aromatic heterocycles. The van der Waals surface area contributed by atoms with Crippen LogP contribution in [0.4, 0.5) is 0 Å². The van der Waals surface area contributed by atoms with Crippen LogP contribution in [0.5, 0.6) is 5.75 Å². The van der Waals surface area contributed by atoms with Gasteiger partial charge in [0.15, 0.2) is 4.32 Å². The Morgan fingerprint density at radius 1 is 1.14 bits per heavy atom. The number of benzene rings is 2. The lowest BCUT2D eigenvalue weighted by Gasteiger charge is -2.15. The molecule has 9 heteroatoms. The summed E-state index contributed by atoms with van der Waals surface area (Å²) in [7, 11) is 0. The number of carboxylic acid groups (broad SMARTS) is 1. The number of ether oxygens (including phenoxy) is 1. The Labute approximate surface area is 176 Å². The van der Waals surface area contributed by atoms with E-state index in [2.05, 4.69) is 5.43 Å². The predicted molar refractivity (Wildman–Crippen MR) is 113 cm³/mol. The number of hydrogen-bond donors (Lipinski definition) is 2. The molecular formula is C20H16N2O5S2. The maximum Gasteiger partial charge on any atom is 0.306 e. The topological polar surface area (TPSA) is 95.9 Å². The molecule has 0 spiro atoms. The molecule has 29 heavy (non-hydrogen) atoms. The quantitative estimate of drug-likeness (QED) is 0.517. The molecule has 3 rings (SSSR count). The number of amides is 2. The van der Waals surface area contributed by atoms with Gasteiger partial charge in [0.05, 0.1) is 17.9 Å². The van der Waals surface area contributed by atoms with Crippen molar-refractivity contribution in [2.75, 3.05) is 6.61 Å². The lowest BCUT2D eigenvalue weighted by atomic mass is 10.2. The van der Waals surface area contributed by atoms with Gasteiger partial charge in [0, 0.05) is 5.56 Å². The Morgan fingerprint density at radius 2 is 1.83 bits per heavy atom. The van der Waals surface area contributed by atoms with Gasteiger partial charge < -0.3 is 9.84 Å². The predicted octanol–water partition coefficient (Wildman–Crippen LogP) is 3.09. The Bertz CT molecular complexity index is 974. The molecule has 2 N–H and O–H groups in total. The number of thiocarbonyl (C=S) groups is 1. The van der Waals surface area contributed by atoms with Gasteiger partial charge in [-0.3, -0.25) is 19.8 Å². The van der Waals surface area contributed by atoms with Crippen LogP contribution < -0.4 is 10.2 Å². The zero-order valence-electron chi connectivity index (χ0n) is 15.0. The minimum absolute atomic E-state index is 0.0778. The third kappa shape index (κ3) is 5.43. The lowest BCUT2D eigenvalue weighted by Crippen LogP contribution is -2.44. The first-order valence-corrected chi connectivity index (χ1v) is 9.75. The van der Waals surface area contributed by atoms with Gasteiger partial charge >= 0.3 is 5.97 Å². The minimum atomic E-state index is -0.928. The normalized spacial score (nSPS) is 14.9. The molecular weight excluding hydrogens is 412 g/mol. The standard InChI is InChI=1S/C20H16N2O5S2/c23-17(24)10-11-27-15-8-6-13(7-9-15)12-16-19(26)22(20(28)29-16)21-18(25)14-4-2-1-3-5-14/h1-9,12H,10-11H2,(H,21,25)(H,23,24)/b16-12+. The fraction of sp³-hybridized carbons (Fsp3) is 0.100. The number of hydrogen-bond acceptors (Lipinski definition) is 6. The summed E-state index contributed by atoms with van der Waals surface area (Å²) >= 11 is 6.31. The van der Waals surface area contributed by atoms with Gasteiger partial charge in [0.2, 0.25) is 0 Å². The SMILES string of the molecule is O=C(O)CCOc1ccc(/C=C2/SC(=S)N(NC(=O)c3ccccc3)C2=O)cc1. The van der Waals surface area contributed by atoms with Gasteiger partial charge in [-0.25, -0.2) is 0 Å². The first-order chi connectivity index (χ1) is 13.9. The number of carbonyl (C=O) groups excluding carboxylic acids is 2. The van der Waals surface area contributed by atoms with E-state index in [1.807, 2.05) is 0 Å². The van der Waals surface area contributed by atoms with Crippen LogP contribution >= 0.6 is 24.0 Å². The number of nitrogens with one attached hydrogen (secondary N) is 1. The minimum Gasteiger partial charge on any atom is -0.493 e. The van der Waals surface area contributed by atoms with Crippen molar-refractivity contribution in [2.45, 2.75) is 6.42 Å². The third-order valence-electron chi connectivity index (χ3n) is 3.81. The van der Waals surface area contributed by atoms with E-state index in [4.69, 9.17) is 22.1 Å². The maximum atomic E-state index is 12.6. The first kappa shape index (κ1) is 20.6. The van der Waals surface area contributed by atoms with E-state index in [-0.39, 0.29) is 17.3 Å². The first-order valence-electron chi connectivity index (χ1n) is 8.52. The summed E-state index contributed by atoms with van der Waals surface area (Å²) in [6.45, 7) is 0.0778. The zero-order valence-corrected chi connectivity index (χ0v) is 16.7. The maximum absolute atomic E-state index is 12.6. The van der Waals surface area contributed by atoms with Crippen LogP contribution in [0.25, 0.3) is 6.08 Å². The summed E-state index contributed by atoms with van der Waals surface area (Å²) in [5, 5.41) is 9.68.